The molecular weight excluding hydrogens is 466 g/mol. The molecule has 10 heteroatoms. The molecular formula is C25H26N5O4S+. The third-order valence-corrected chi connectivity index (χ3v) is 7.02. The molecule has 2 aromatic carbocycles. The Kier molecular flexibility index (Phi) is 6.56. The zero-order valence-electron chi connectivity index (χ0n) is 19.3. The number of nitrogens with zero attached hydrogens (tertiary/aromatic N) is 3. The molecule has 3 heterocycles. The number of nitrogens with one attached hydrogen (secondary N) is 1. The van der Waals surface area contributed by atoms with Crippen molar-refractivity contribution in [2.75, 3.05) is 12.9 Å². The third kappa shape index (κ3) is 4.80. The van der Waals surface area contributed by atoms with Gasteiger partial charge < -0.3 is 24.8 Å². The molecule has 0 radical (unpaired) electrons. The standard InChI is InChI=1S/C25H25N5O4S/c1-33-24(32)21-12-17-16-9-5-6-10-19(16)27-20(17)13-30(21)22(31)14-35-25-29-28-23(34-25)18(26)11-15-7-3-2-4-8-15/h2-10,18,21,27H,11-14,26H2,1H3/p+1/t18-,21+/m0/s1. The molecule has 0 spiro atoms. The van der Waals surface area contributed by atoms with Gasteiger partial charge in [0.05, 0.1) is 19.4 Å². The molecule has 4 aromatic rings. The predicted molar refractivity (Wildman–Crippen MR) is 129 cm³/mol. The quantitative estimate of drug-likeness (QED) is 0.299. The zero-order chi connectivity index (χ0) is 24.4. The lowest BCUT2D eigenvalue weighted by Gasteiger charge is -2.33. The number of H-pyrrole nitrogens is 1. The summed E-state index contributed by atoms with van der Waals surface area (Å²) in [4.78, 5) is 30.7. The number of ether oxygens (including phenoxy) is 1. The highest BCUT2D eigenvalue weighted by molar-refractivity contribution is 7.99. The van der Waals surface area contributed by atoms with Crippen molar-refractivity contribution in [3.05, 3.63) is 77.3 Å². The van der Waals surface area contributed by atoms with Crippen molar-refractivity contribution in [2.24, 2.45) is 0 Å². The van der Waals surface area contributed by atoms with Crippen molar-refractivity contribution in [1.82, 2.24) is 20.1 Å². The van der Waals surface area contributed by atoms with Crippen molar-refractivity contribution >= 4 is 34.5 Å². The summed E-state index contributed by atoms with van der Waals surface area (Å²) < 4.78 is 10.8. The van der Waals surface area contributed by atoms with Gasteiger partial charge in [0.15, 0.2) is 6.04 Å². The van der Waals surface area contributed by atoms with Crippen molar-refractivity contribution in [2.45, 2.75) is 36.7 Å². The molecule has 1 amide bonds. The number of quaternary nitrogens is 1. The van der Waals surface area contributed by atoms with E-state index in [1.54, 1.807) is 4.90 Å². The maximum absolute atomic E-state index is 13.2. The van der Waals surface area contributed by atoms with E-state index in [9.17, 15) is 9.59 Å². The Morgan fingerprint density at radius 2 is 1.97 bits per heavy atom. The second-order valence-electron chi connectivity index (χ2n) is 8.47. The van der Waals surface area contributed by atoms with Gasteiger partial charge in [-0.2, -0.15) is 0 Å². The Bertz CT molecular complexity index is 1350. The molecule has 0 bridgehead atoms. The monoisotopic (exact) mass is 492 g/mol. The fraction of sp³-hybridized carbons (Fsp3) is 0.280. The van der Waals surface area contributed by atoms with Crippen LogP contribution in [-0.2, 0) is 33.7 Å². The van der Waals surface area contributed by atoms with Gasteiger partial charge in [0.25, 0.3) is 11.1 Å². The van der Waals surface area contributed by atoms with Gasteiger partial charge in [-0.1, -0.05) is 60.3 Å². The Morgan fingerprint density at radius 1 is 1.20 bits per heavy atom. The lowest BCUT2D eigenvalue weighted by molar-refractivity contribution is -0.431. The van der Waals surface area contributed by atoms with E-state index in [2.05, 4.69) is 20.9 Å². The number of carbonyl (C=O) groups excluding carboxylic acids is 2. The second kappa shape index (κ2) is 9.93. The molecule has 0 fully saturated rings. The fourth-order valence-electron chi connectivity index (χ4n) is 4.45. The van der Waals surface area contributed by atoms with Crippen LogP contribution in [0.5, 0.6) is 0 Å². The van der Waals surface area contributed by atoms with E-state index in [4.69, 9.17) is 9.15 Å². The molecule has 4 N–H and O–H groups in total. The van der Waals surface area contributed by atoms with E-state index in [1.165, 1.54) is 7.11 Å². The minimum absolute atomic E-state index is 0.0607. The first kappa shape index (κ1) is 23.1. The van der Waals surface area contributed by atoms with Crippen molar-refractivity contribution in [1.29, 1.82) is 0 Å². The number of aromatic nitrogens is 3. The van der Waals surface area contributed by atoms with Crippen molar-refractivity contribution < 1.29 is 24.5 Å². The minimum Gasteiger partial charge on any atom is -0.467 e. The van der Waals surface area contributed by atoms with E-state index in [0.29, 0.717) is 30.5 Å². The highest BCUT2D eigenvalue weighted by Gasteiger charge is 2.37. The summed E-state index contributed by atoms with van der Waals surface area (Å²) in [5.74, 6) is -0.146. The molecule has 9 nitrogen and oxygen atoms in total. The highest BCUT2D eigenvalue weighted by Crippen LogP contribution is 2.31. The van der Waals surface area contributed by atoms with E-state index in [-0.39, 0.29) is 17.7 Å². The van der Waals surface area contributed by atoms with Gasteiger partial charge in [-0.05, 0) is 17.2 Å². The highest BCUT2D eigenvalue weighted by atomic mass is 32.2. The fourth-order valence-corrected chi connectivity index (χ4v) is 5.11. The Labute approximate surface area is 206 Å². The number of benzene rings is 2. The summed E-state index contributed by atoms with van der Waals surface area (Å²) in [6.07, 6.45) is 1.07. The maximum atomic E-state index is 13.2. The first-order chi connectivity index (χ1) is 17.0. The minimum atomic E-state index is -0.687. The molecule has 1 aliphatic heterocycles. The van der Waals surface area contributed by atoms with Crippen LogP contribution in [0.2, 0.25) is 0 Å². The summed E-state index contributed by atoms with van der Waals surface area (Å²) in [6.45, 7) is 0.302. The maximum Gasteiger partial charge on any atom is 0.328 e. The SMILES string of the molecule is COC(=O)[C@H]1Cc2c([nH]c3ccccc23)CN1C(=O)CSc1nnc([C@@H]([NH3+])Cc2ccccc2)o1. The average molecular weight is 493 g/mol. The molecule has 2 atom stereocenters. The van der Waals surface area contributed by atoms with Gasteiger partial charge in [-0.3, -0.25) is 4.79 Å². The molecule has 0 saturated carbocycles. The number of methoxy groups -OCH3 is 1. The van der Waals surface area contributed by atoms with Gasteiger partial charge in [-0.25, -0.2) is 4.79 Å². The number of esters is 1. The van der Waals surface area contributed by atoms with Crippen LogP contribution >= 0.6 is 11.8 Å². The summed E-state index contributed by atoms with van der Waals surface area (Å²) >= 11 is 1.15. The summed E-state index contributed by atoms with van der Waals surface area (Å²) in [6, 6.07) is 17.0. The van der Waals surface area contributed by atoms with Crippen LogP contribution in [0, 0.1) is 0 Å². The third-order valence-electron chi connectivity index (χ3n) is 6.21. The number of aromatic amines is 1. The van der Waals surface area contributed by atoms with Crippen LogP contribution in [0.15, 0.2) is 64.2 Å². The van der Waals surface area contributed by atoms with Gasteiger partial charge in [0.1, 0.15) is 6.04 Å². The van der Waals surface area contributed by atoms with Crippen LogP contribution in [0.1, 0.15) is 28.8 Å². The molecule has 0 aliphatic carbocycles. The predicted octanol–water partition coefficient (Wildman–Crippen LogP) is 2.30. The molecule has 2 aromatic heterocycles. The number of thioether (sulfide) groups is 1. The number of hydrogen-bond donors (Lipinski definition) is 2. The number of rotatable bonds is 7. The number of amides is 1. The van der Waals surface area contributed by atoms with Gasteiger partial charge in [0, 0.05) is 29.4 Å². The normalized spacial score (nSPS) is 16.2. The topological polar surface area (TPSA) is 129 Å². The Morgan fingerprint density at radius 3 is 2.77 bits per heavy atom. The van der Waals surface area contributed by atoms with E-state index in [1.807, 2.05) is 54.6 Å². The largest absolute Gasteiger partial charge is 0.467 e. The Hall–Kier alpha value is -3.63. The summed E-state index contributed by atoms with van der Waals surface area (Å²) in [7, 11) is 1.34. The molecule has 0 saturated heterocycles. The van der Waals surface area contributed by atoms with E-state index >= 15 is 0 Å². The van der Waals surface area contributed by atoms with E-state index < -0.39 is 12.0 Å². The van der Waals surface area contributed by atoms with Crippen LogP contribution in [0.4, 0.5) is 0 Å². The average Bonchev–Trinajstić information content (AvgIpc) is 3.51. The smallest absolute Gasteiger partial charge is 0.328 e. The van der Waals surface area contributed by atoms with Crippen LogP contribution in [0.25, 0.3) is 10.9 Å². The van der Waals surface area contributed by atoms with Crippen LogP contribution in [-0.4, -0.2) is 50.9 Å². The van der Waals surface area contributed by atoms with Gasteiger partial charge in [-0.15, -0.1) is 10.2 Å². The zero-order valence-corrected chi connectivity index (χ0v) is 20.1. The molecule has 5 rings (SSSR count). The second-order valence-corrected chi connectivity index (χ2v) is 9.40. The molecule has 180 valence electrons. The van der Waals surface area contributed by atoms with Crippen LogP contribution in [0.3, 0.4) is 0 Å². The number of carbonyl (C=O) groups is 2. The number of fused-ring (bicyclic) bond motifs is 3. The molecule has 0 unspecified atom stereocenters. The van der Waals surface area contributed by atoms with Gasteiger partial charge >= 0.3 is 5.97 Å². The van der Waals surface area contributed by atoms with Crippen molar-refractivity contribution in [3.63, 3.8) is 0 Å². The first-order valence-corrected chi connectivity index (χ1v) is 12.3. The Balaban J connectivity index is 1.27. The van der Waals surface area contributed by atoms with Gasteiger partial charge in [0.2, 0.25) is 5.91 Å². The van der Waals surface area contributed by atoms with Crippen LogP contribution < -0.4 is 5.73 Å². The van der Waals surface area contributed by atoms with Crippen molar-refractivity contribution in [3.8, 4) is 0 Å². The first-order valence-electron chi connectivity index (χ1n) is 11.3. The summed E-state index contributed by atoms with van der Waals surface area (Å²) in [5.41, 5.74) is 8.23. The molecule has 35 heavy (non-hydrogen) atoms. The lowest BCUT2D eigenvalue weighted by Crippen LogP contribution is -2.54. The van der Waals surface area contributed by atoms with E-state index in [0.717, 1.165) is 39.5 Å². The number of para-hydroxylation sites is 1. The summed E-state index contributed by atoms with van der Waals surface area (Å²) in [5, 5.41) is 9.54. The molecule has 1 aliphatic rings. The number of hydrogen-bond acceptors (Lipinski definition) is 7. The lowest BCUT2D eigenvalue weighted by atomic mass is 9.96.